The molecule has 0 unspecified atom stereocenters. The zero-order valence-corrected chi connectivity index (χ0v) is 15.9. The van der Waals surface area contributed by atoms with E-state index in [1.54, 1.807) is 18.9 Å². The predicted molar refractivity (Wildman–Crippen MR) is 105 cm³/mol. The number of methoxy groups -OCH3 is 1. The van der Waals surface area contributed by atoms with Crippen molar-refractivity contribution >= 4 is 22.7 Å². The molecule has 0 amide bonds. The van der Waals surface area contributed by atoms with Crippen LogP contribution >= 0.6 is 11.8 Å². The highest BCUT2D eigenvalue weighted by molar-refractivity contribution is 7.99. The molecular formula is C20H19N3O3S. The minimum atomic E-state index is 0.596. The van der Waals surface area contributed by atoms with Crippen molar-refractivity contribution in [2.24, 2.45) is 7.05 Å². The molecule has 0 saturated carbocycles. The predicted octanol–water partition coefficient (Wildman–Crippen LogP) is 4.41. The molecule has 0 aliphatic heterocycles. The summed E-state index contributed by atoms with van der Waals surface area (Å²) >= 11 is 1.59. The summed E-state index contributed by atoms with van der Waals surface area (Å²) < 4.78 is 19.0. The third-order valence-electron chi connectivity index (χ3n) is 4.11. The molecule has 0 aliphatic rings. The Morgan fingerprint density at radius 3 is 2.74 bits per heavy atom. The van der Waals surface area contributed by atoms with E-state index in [9.17, 15) is 0 Å². The number of thioether (sulfide) groups is 1. The number of ether oxygens (including phenoxy) is 2. The SMILES string of the molecule is COc1cccc2cc(-c3nnc(SCCOc4ccccc4)n3C)oc12. The number of hydrogen-bond acceptors (Lipinski definition) is 6. The molecule has 0 radical (unpaired) electrons. The Kier molecular flexibility index (Phi) is 5.02. The molecular weight excluding hydrogens is 362 g/mol. The molecule has 7 heteroatoms. The van der Waals surface area contributed by atoms with Crippen molar-refractivity contribution in [2.75, 3.05) is 19.5 Å². The molecule has 27 heavy (non-hydrogen) atoms. The van der Waals surface area contributed by atoms with Gasteiger partial charge < -0.3 is 18.5 Å². The van der Waals surface area contributed by atoms with Gasteiger partial charge in [-0.1, -0.05) is 42.1 Å². The van der Waals surface area contributed by atoms with Gasteiger partial charge in [0.05, 0.1) is 13.7 Å². The number of benzene rings is 2. The summed E-state index contributed by atoms with van der Waals surface area (Å²) in [4.78, 5) is 0. The molecule has 2 aromatic heterocycles. The summed E-state index contributed by atoms with van der Waals surface area (Å²) in [6, 6.07) is 17.5. The second-order valence-electron chi connectivity index (χ2n) is 5.86. The first-order chi connectivity index (χ1) is 13.3. The zero-order chi connectivity index (χ0) is 18.6. The van der Waals surface area contributed by atoms with Gasteiger partial charge in [-0.2, -0.15) is 0 Å². The lowest BCUT2D eigenvalue weighted by molar-refractivity contribution is 0.344. The maximum Gasteiger partial charge on any atom is 0.200 e. The van der Waals surface area contributed by atoms with Gasteiger partial charge in [0.2, 0.25) is 0 Å². The van der Waals surface area contributed by atoms with Gasteiger partial charge in [0.25, 0.3) is 0 Å². The number of aromatic nitrogens is 3. The first kappa shape index (κ1) is 17.5. The average molecular weight is 381 g/mol. The quantitative estimate of drug-likeness (QED) is 0.349. The highest BCUT2D eigenvalue weighted by Gasteiger charge is 2.17. The fraction of sp³-hybridized carbons (Fsp3) is 0.200. The first-order valence-electron chi connectivity index (χ1n) is 8.53. The van der Waals surface area contributed by atoms with Crippen LogP contribution in [-0.4, -0.2) is 34.2 Å². The molecule has 4 aromatic rings. The summed E-state index contributed by atoms with van der Waals surface area (Å²) in [6.45, 7) is 0.596. The van der Waals surface area contributed by atoms with E-state index < -0.39 is 0 Å². The van der Waals surface area contributed by atoms with E-state index in [0.29, 0.717) is 29.5 Å². The molecule has 0 saturated heterocycles. The van der Waals surface area contributed by atoms with Crippen molar-refractivity contribution in [1.82, 2.24) is 14.8 Å². The number of furan rings is 1. The van der Waals surface area contributed by atoms with Crippen LogP contribution in [0.4, 0.5) is 0 Å². The maximum atomic E-state index is 5.97. The third kappa shape index (κ3) is 3.64. The van der Waals surface area contributed by atoms with Crippen LogP contribution in [-0.2, 0) is 7.05 Å². The smallest absolute Gasteiger partial charge is 0.200 e. The number of para-hydroxylation sites is 2. The van der Waals surface area contributed by atoms with Crippen LogP contribution in [0.15, 0.2) is 64.2 Å². The molecule has 6 nitrogen and oxygen atoms in total. The van der Waals surface area contributed by atoms with Crippen LogP contribution < -0.4 is 9.47 Å². The van der Waals surface area contributed by atoms with Crippen LogP contribution in [0.25, 0.3) is 22.6 Å². The Morgan fingerprint density at radius 1 is 1.07 bits per heavy atom. The van der Waals surface area contributed by atoms with E-state index in [-0.39, 0.29) is 0 Å². The largest absolute Gasteiger partial charge is 0.493 e. The summed E-state index contributed by atoms with van der Waals surface area (Å²) in [5.41, 5.74) is 0.712. The lowest BCUT2D eigenvalue weighted by atomic mass is 10.2. The van der Waals surface area contributed by atoms with E-state index in [0.717, 1.165) is 22.0 Å². The molecule has 138 valence electrons. The highest BCUT2D eigenvalue weighted by Crippen LogP contribution is 2.33. The van der Waals surface area contributed by atoms with Gasteiger partial charge >= 0.3 is 0 Å². The lowest BCUT2D eigenvalue weighted by Gasteiger charge is -2.05. The second kappa shape index (κ2) is 7.75. The number of nitrogens with zero attached hydrogens (tertiary/aromatic N) is 3. The van der Waals surface area contributed by atoms with E-state index in [2.05, 4.69) is 10.2 Å². The fourth-order valence-electron chi connectivity index (χ4n) is 2.77. The monoisotopic (exact) mass is 381 g/mol. The highest BCUT2D eigenvalue weighted by atomic mass is 32.2. The lowest BCUT2D eigenvalue weighted by Crippen LogP contribution is -2.01. The molecule has 0 spiro atoms. The molecule has 2 heterocycles. The summed E-state index contributed by atoms with van der Waals surface area (Å²) in [7, 11) is 3.56. The van der Waals surface area contributed by atoms with Gasteiger partial charge in [-0.15, -0.1) is 10.2 Å². The summed E-state index contributed by atoms with van der Waals surface area (Å²) in [5.74, 6) is 3.69. The van der Waals surface area contributed by atoms with Crippen LogP contribution in [0.3, 0.4) is 0 Å². The van der Waals surface area contributed by atoms with Gasteiger partial charge in [-0.3, -0.25) is 0 Å². The van der Waals surface area contributed by atoms with Crippen LogP contribution in [0.1, 0.15) is 0 Å². The van der Waals surface area contributed by atoms with E-state index in [1.165, 1.54) is 0 Å². The standard InChI is InChI=1S/C20H19N3O3S/c1-23-19(17-13-14-7-6-10-16(24-2)18(14)26-17)21-22-20(23)27-12-11-25-15-8-4-3-5-9-15/h3-10,13H,11-12H2,1-2H3. The molecule has 0 aliphatic carbocycles. The van der Waals surface area contributed by atoms with Crippen LogP contribution in [0.2, 0.25) is 0 Å². The van der Waals surface area contributed by atoms with Crippen molar-refractivity contribution < 1.29 is 13.9 Å². The van der Waals surface area contributed by atoms with Gasteiger partial charge in [0, 0.05) is 18.2 Å². The van der Waals surface area contributed by atoms with Crippen molar-refractivity contribution in [1.29, 1.82) is 0 Å². The Bertz CT molecular complexity index is 1040. The van der Waals surface area contributed by atoms with Crippen molar-refractivity contribution in [3.05, 3.63) is 54.6 Å². The fourth-order valence-corrected chi connectivity index (χ4v) is 3.50. The van der Waals surface area contributed by atoms with E-state index >= 15 is 0 Å². The molecule has 0 bridgehead atoms. The minimum absolute atomic E-state index is 0.596. The van der Waals surface area contributed by atoms with Crippen molar-refractivity contribution in [3.8, 4) is 23.1 Å². The average Bonchev–Trinajstić information content (AvgIpc) is 3.29. The first-order valence-corrected chi connectivity index (χ1v) is 9.52. The number of fused-ring (bicyclic) bond motifs is 1. The van der Waals surface area contributed by atoms with Gasteiger partial charge in [0.15, 0.2) is 28.1 Å². The third-order valence-corrected chi connectivity index (χ3v) is 5.09. The summed E-state index contributed by atoms with van der Waals surface area (Å²) in [6.07, 6.45) is 0. The van der Waals surface area contributed by atoms with Gasteiger partial charge in [-0.25, -0.2) is 0 Å². The molecule has 0 N–H and O–H groups in total. The number of hydrogen-bond donors (Lipinski definition) is 0. The Labute approximate surface area is 161 Å². The number of rotatable bonds is 7. The molecule has 0 fully saturated rings. The van der Waals surface area contributed by atoms with Gasteiger partial charge in [-0.05, 0) is 24.3 Å². The summed E-state index contributed by atoms with van der Waals surface area (Å²) in [5, 5.41) is 10.4. The van der Waals surface area contributed by atoms with Crippen LogP contribution in [0, 0.1) is 0 Å². The van der Waals surface area contributed by atoms with Gasteiger partial charge in [0.1, 0.15) is 5.75 Å². The molecule has 0 atom stereocenters. The Hall–Kier alpha value is -2.93. The van der Waals surface area contributed by atoms with Crippen molar-refractivity contribution in [2.45, 2.75) is 5.16 Å². The van der Waals surface area contributed by atoms with E-state index in [4.69, 9.17) is 13.9 Å². The topological polar surface area (TPSA) is 62.3 Å². The molecule has 2 aromatic carbocycles. The maximum absolute atomic E-state index is 5.97. The minimum Gasteiger partial charge on any atom is -0.493 e. The Morgan fingerprint density at radius 2 is 1.93 bits per heavy atom. The molecule has 4 rings (SSSR count). The normalized spacial score (nSPS) is 11.0. The Balaban J connectivity index is 1.46. The zero-order valence-electron chi connectivity index (χ0n) is 15.1. The van der Waals surface area contributed by atoms with E-state index in [1.807, 2.05) is 66.2 Å². The second-order valence-corrected chi connectivity index (χ2v) is 6.93. The van der Waals surface area contributed by atoms with Crippen molar-refractivity contribution in [3.63, 3.8) is 0 Å². The van der Waals surface area contributed by atoms with Crippen LogP contribution in [0.5, 0.6) is 11.5 Å².